The third kappa shape index (κ3) is 3.22. The molecular formula is C14H18N6O2. The summed E-state index contributed by atoms with van der Waals surface area (Å²) < 4.78 is 6.82. The van der Waals surface area contributed by atoms with E-state index in [9.17, 15) is 4.79 Å². The fraction of sp³-hybridized carbons (Fsp3) is 0.429. The lowest BCUT2D eigenvalue weighted by atomic mass is 10.3. The summed E-state index contributed by atoms with van der Waals surface area (Å²) in [7, 11) is 0. The fourth-order valence-electron chi connectivity index (χ4n) is 2.22. The highest BCUT2D eigenvalue weighted by molar-refractivity contribution is 5.93. The van der Waals surface area contributed by atoms with Crippen LogP contribution in [-0.4, -0.2) is 52.0 Å². The van der Waals surface area contributed by atoms with Gasteiger partial charge in [0, 0.05) is 13.1 Å². The smallest absolute Gasteiger partial charge is 0.249 e. The molecule has 0 saturated carbocycles. The number of amides is 1. The molecule has 3 heterocycles. The summed E-state index contributed by atoms with van der Waals surface area (Å²) in [5.74, 6) is 0.733. The molecule has 8 heteroatoms. The zero-order valence-electron chi connectivity index (χ0n) is 12.3. The molecule has 1 amide bonds. The summed E-state index contributed by atoms with van der Waals surface area (Å²) >= 11 is 0. The van der Waals surface area contributed by atoms with Crippen molar-refractivity contribution in [3.05, 3.63) is 31.0 Å². The summed E-state index contributed by atoms with van der Waals surface area (Å²) in [6.45, 7) is 4.87. The summed E-state index contributed by atoms with van der Waals surface area (Å²) in [4.78, 5) is 22.5. The van der Waals surface area contributed by atoms with Gasteiger partial charge in [0.25, 0.3) is 0 Å². The van der Waals surface area contributed by atoms with E-state index in [4.69, 9.17) is 4.74 Å². The Morgan fingerprint density at radius 3 is 2.82 bits per heavy atom. The van der Waals surface area contributed by atoms with Crippen LogP contribution in [0.2, 0.25) is 0 Å². The number of carbonyl (C=O) groups is 1. The monoisotopic (exact) mass is 302 g/mol. The molecule has 8 nitrogen and oxygen atoms in total. The quantitative estimate of drug-likeness (QED) is 0.895. The fourth-order valence-corrected chi connectivity index (χ4v) is 2.22. The van der Waals surface area contributed by atoms with E-state index in [1.807, 2.05) is 12.1 Å². The lowest BCUT2D eigenvalue weighted by Crippen LogP contribution is -2.36. The summed E-state index contributed by atoms with van der Waals surface area (Å²) in [5, 5.41) is 6.79. The maximum Gasteiger partial charge on any atom is 0.249 e. The van der Waals surface area contributed by atoms with Crippen molar-refractivity contribution >= 4 is 17.4 Å². The predicted molar refractivity (Wildman–Crippen MR) is 80.6 cm³/mol. The molecule has 1 atom stereocenters. The van der Waals surface area contributed by atoms with Gasteiger partial charge < -0.3 is 15.0 Å². The number of nitrogens with zero attached hydrogens (tertiary/aromatic N) is 5. The molecule has 2 aromatic heterocycles. The minimum atomic E-state index is -0.429. The van der Waals surface area contributed by atoms with Crippen LogP contribution in [0.4, 0.5) is 11.5 Å². The van der Waals surface area contributed by atoms with Crippen LogP contribution in [0.5, 0.6) is 0 Å². The Hall–Kier alpha value is -2.48. The third-order valence-electron chi connectivity index (χ3n) is 3.56. The second kappa shape index (κ2) is 6.52. The number of hydrogen-bond acceptors (Lipinski definition) is 6. The highest BCUT2D eigenvalue weighted by Crippen LogP contribution is 2.16. The highest BCUT2D eigenvalue weighted by Gasteiger charge is 2.16. The number of nitrogens with one attached hydrogen (secondary N) is 1. The standard InChI is InChI=1S/C14H18N6O2/c1-11(20-10-15-9-17-20)14(21)18-12-2-3-13(16-8-12)19-4-6-22-7-5-19/h2-3,8-11H,4-7H2,1H3,(H,18,21)/t11-/m0/s1. The van der Waals surface area contributed by atoms with Crippen molar-refractivity contribution < 1.29 is 9.53 Å². The van der Waals surface area contributed by atoms with E-state index in [0.717, 1.165) is 32.1 Å². The number of rotatable bonds is 4. The first-order chi connectivity index (χ1) is 10.7. The lowest BCUT2D eigenvalue weighted by molar-refractivity contribution is -0.119. The maximum atomic E-state index is 12.1. The van der Waals surface area contributed by atoms with Crippen molar-refractivity contribution in [3.8, 4) is 0 Å². The van der Waals surface area contributed by atoms with Crippen LogP contribution in [0.15, 0.2) is 31.0 Å². The number of morpholine rings is 1. The first-order valence-electron chi connectivity index (χ1n) is 7.18. The summed E-state index contributed by atoms with van der Waals surface area (Å²) in [5.41, 5.74) is 0.661. The summed E-state index contributed by atoms with van der Waals surface area (Å²) in [6.07, 6.45) is 4.59. The SMILES string of the molecule is C[C@@H](C(=O)Nc1ccc(N2CCOCC2)nc1)n1cncn1. The van der Waals surface area contributed by atoms with Crippen LogP contribution in [0.3, 0.4) is 0 Å². The topological polar surface area (TPSA) is 85.2 Å². The molecule has 1 aliphatic heterocycles. The minimum Gasteiger partial charge on any atom is -0.378 e. The molecule has 0 bridgehead atoms. The van der Waals surface area contributed by atoms with Gasteiger partial charge in [-0.1, -0.05) is 0 Å². The van der Waals surface area contributed by atoms with Crippen molar-refractivity contribution in [1.82, 2.24) is 19.7 Å². The van der Waals surface area contributed by atoms with E-state index in [2.05, 4.69) is 25.3 Å². The molecule has 1 aliphatic rings. The van der Waals surface area contributed by atoms with Crippen LogP contribution in [0, 0.1) is 0 Å². The number of aromatic nitrogens is 4. The first kappa shape index (κ1) is 14.5. The van der Waals surface area contributed by atoms with Crippen LogP contribution in [0.25, 0.3) is 0 Å². The van der Waals surface area contributed by atoms with Gasteiger partial charge in [-0.05, 0) is 19.1 Å². The molecule has 0 spiro atoms. The van der Waals surface area contributed by atoms with Crippen LogP contribution >= 0.6 is 0 Å². The molecule has 1 N–H and O–H groups in total. The van der Waals surface area contributed by atoms with Crippen molar-refractivity contribution in [3.63, 3.8) is 0 Å². The Morgan fingerprint density at radius 1 is 1.36 bits per heavy atom. The molecule has 0 radical (unpaired) electrons. The van der Waals surface area contributed by atoms with E-state index < -0.39 is 6.04 Å². The van der Waals surface area contributed by atoms with Crippen molar-refractivity contribution in [2.24, 2.45) is 0 Å². The van der Waals surface area contributed by atoms with Crippen molar-refractivity contribution in [1.29, 1.82) is 0 Å². The number of hydrogen-bond donors (Lipinski definition) is 1. The molecule has 116 valence electrons. The molecule has 0 unspecified atom stereocenters. The molecule has 22 heavy (non-hydrogen) atoms. The van der Waals surface area contributed by atoms with Gasteiger partial charge in [-0.25, -0.2) is 14.6 Å². The Balaban J connectivity index is 1.62. The van der Waals surface area contributed by atoms with E-state index in [1.165, 1.54) is 17.3 Å². The maximum absolute atomic E-state index is 12.1. The average Bonchev–Trinajstić information content (AvgIpc) is 3.10. The zero-order chi connectivity index (χ0) is 15.4. The van der Waals surface area contributed by atoms with E-state index in [1.54, 1.807) is 13.1 Å². The van der Waals surface area contributed by atoms with Gasteiger partial charge in [-0.2, -0.15) is 5.10 Å². The van der Waals surface area contributed by atoms with Gasteiger partial charge in [-0.15, -0.1) is 0 Å². The molecule has 1 fully saturated rings. The minimum absolute atomic E-state index is 0.161. The van der Waals surface area contributed by atoms with E-state index in [0.29, 0.717) is 5.69 Å². The van der Waals surface area contributed by atoms with Crippen LogP contribution in [0.1, 0.15) is 13.0 Å². The third-order valence-corrected chi connectivity index (χ3v) is 3.56. The van der Waals surface area contributed by atoms with Gasteiger partial charge in [0.2, 0.25) is 5.91 Å². The molecular weight excluding hydrogens is 284 g/mol. The van der Waals surface area contributed by atoms with Crippen molar-refractivity contribution in [2.45, 2.75) is 13.0 Å². The second-order valence-electron chi connectivity index (χ2n) is 5.05. The Bertz CT molecular complexity index is 607. The van der Waals surface area contributed by atoms with Crippen LogP contribution < -0.4 is 10.2 Å². The molecule has 2 aromatic rings. The highest BCUT2D eigenvalue weighted by atomic mass is 16.5. The zero-order valence-corrected chi connectivity index (χ0v) is 12.3. The predicted octanol–water partition coefficient (Wildman–Crippen LogP) is 0.709. The number of pyridine rings is 1. The molecule has 1 saturated heterocycles. The van der Waals surface area contributed by atoms with Gasteiger partial charge in [-0.3, -0.25) is 4.79 Å². The second-order valence-corrected chi connectivity index (χ2v) is 5.05. The molecule has 0 aromatic carbocycles. The van der Waals surface area contributed by atoms with Crippen LogP contribution in [-0.2, 0) is 9.53 Å². The Morgan fingerprint density at radius 2 is 2.18 bits per heavy atom. The molecule has 0 aliphatic carbocycles. The lowest BCUT2D eigenvalue weighted by Gasteiger charge is -2.27. The number of anilines is 2. The largest absolute Gasteiger partial charge is 0.378 e. The normalized spacial score (nSPS) is 16.3. The number of ether oxygens (including phenoxy) is 1. The average molecular weight is 302 g/mol. The van der Waals surface area contributed by atoms with Gasteiger partial charge in [0.1, 0.15) is 24.5 Å². The van der Waals surface area contributed by atoms with Crippen molar-refractivity contribution in [2.75, 3.05) is 36.5 Å². The first-order valence-corrected chi connectivity index (χ1v) is 7.18. The van der Waals surface area contributed by atoms with E-state index in [-0.39, 0.29) is 5.91 Å². The Kier molecular flexibility index (Phi) is 4.29. The van der Waals surface area contributed by atoms with Gasteiger partial charge in [0.05, 0.1) is 25.1 Å². The summed E-state index contributed by atoms with van der Waals surface area (Å²) in [6, 6.07) is 3.33. The van der Waals surface area contributed by atoms with Gasteiger partial charge in [0.15, 0.2) is 0 Å². The van der Waals surface area contributed by atoms with E-state index >= 15 is 0 Å². The number of carbonyl (C=O) groups excluding carboxylic acids is 1. The molecule has 3 rings (SSSR count). The van der Waals surface area contributed by atoms with Gasteiger partial charge >= 0.3 is 0 Å². The Labute approximate surface area is 128 Å².